The summed E-state index contributed by atoms with van der Waals surface area (Å²) in [5, 5.41) is 0.442. The van der Waals surface area contributed by atoms with Crippen molar-refractivity contribution in [3.8, 4) is 0 Å². The van der Waals surface area contributed by atoms with E-state index in [1.807, 2.05) is 59.7 Å². The number of rotatable bonds is 3. The van der Waals surface area contributed by atoms with Crippen molar-refractivity contribution in [2.24, 2.45) is 0 Å². The molecule has 1 aliphatic rings. The predicted octanol–water partition coefficient (Wildman–Crippen LogP) is 2.95. The van der Waals surface area contributed by atoms with Crippen LogP contribution in [0.3, 0.4) is 0 Å². The molecule has 3 aromatic heterocycles. The molecule has 0 radical (unpaired) electrons. The molecule has 1 saturated heterocycles. The Morgan fingerprint density at radius 2 is 1.77 bits per heavy atom. The molecule has 0 unspecified atom stereocenters. The summed E-state index contributed by atoms with van der Waals surface area (Å²) in [5.74, 6) is -0.107. The van der Waals surface area contributed by atoms with Crippen LogP contribution in [0.4, 0.5) is 0 Å². The van der Waals surface area contributed by atoms with Gasteiger partial charge in [-0.25, -0.2) is 4.98 Å². The van der Waals surface area contributed by atoms with Crippen LogP contribution in [0, 0.1) is 0 Å². The van der Waals surface area contributed by atoms with Crippen molar-refractivity contribution in [2.75, 3.05) is 13.1 Å². The number of pyridine rings is 1. The molecule has 31 heavy (non-hydrogen) atoms. The second kappa shape index (κ2) is 7.67. The van der Waals surface area contributed by atoms with Crippen molar-refractivity contribution in [2.45, 2.75) is 32.6 Å². The average Bonchev–Trinajstić information content (AvgIpc) is 3.12. The number of amides is 1. The number of hydrogen-bond donors (Lipinski definition) is 0. The molecule has 0 aliphatic carbocycles. The standard InChI is InChI=1S/C24H24N4O3/c1-16-13-26(14-17(2)31-16)24(30)20-12-19-22(28(20)15-18-8-4-3-5-9-18)25-21-10-6-7-11-27(21)23(19)29/h3-12,16-17H,13-15H2,1-2H3/t16-,17-/m0/s1. The molecule has 1 aromatic carbocycles. The van der Waals surface area contributed by atoms with Gasteiger partial charge in [0.2, 0.25) is 0 Å². The highest BCUT2D eigenvalue weighted by atomic mass is 16.5. The first-order valence-electron chi connectivity index (χ1n) is 10.5. The number of aromatic nitrogens is 3. The number of benzene rings is 1. The van der Waals surface area contributed by atoms with Crippen LogP contribution in [0.5, 0.6) is 0 Å². The summed E-state index contributed by atoms with van der Waals surface area (Å²) < 4.78 is 9.18. The normalized spacial score (nSPS) is 19.2. The van der Waals surface area contributed by atoms with E-state index in [-0.39, 0.29) is 23.7 Å². The molecule has 158 valence electrons. The lowest BCUT2D eigenvalue weighted by molar-refractivity contribution is -0.0588. The molecule has 4 aromatic rings. The Morgan fingerprint density at radius 3 is 2.52 bits per heavy atom. The summed E-state index contributed by atoms with van der Waals surface area (Å²) in [4.78, 5) is 33.3. The highest BCUT2D eigenvalue weighted by Gasteiger charge is 2.29. The largest absolute Gasteiger partial charge is 0.372 e. The van der Waals surface area contributed by atoms with Gasteiger partial charge in [0.15, 0.2) is 0 Å². The van der Waals surface area contributed by atoms with E-state index in [0.717, 1.165) is 5.56 Å². The molecular weight excluding hydrogens is 392 g/mol. The Balaban J connectivity index is 1.69. The lowest BCUT2D eigenvalue weighted by atomic mass is 10.2. The van der Waals surface area contributed by atoms with Gasteiger partial charge in [-0.15, -0.1) is 0 Å². The van der Waals surface area contributed by atoms with Crippen LogP contribution < -0.4 is 5.56 Å². The van der Waals surface area contributed by atoms with E-state index in [1.54, 1.807) is 24.4 Å². The topological polar surface area (TPSA) is 68.8 Å². The van der Waals surface area contributed by atoms with Gasteiger partial charge in [0.1, 0.15) is 17.0 Å². The molecule has 2 atom stereocenters. The Morgan fingerprint density at radius 1 is 1.06 bits per heavy atom. The summed E-state index contributed by atoms with van der Waals surface area (Å²) in [6.07, 6.45) is 1.63. The van der Waals surface area contributed by atoms with Crippen LogP contribution >= 0.6 is 0 Å². The highest BCUT2D eigenvalue weighted by Crippen LogP contribution is 2.22. The predicted molar refractivity (Wildman–Crippen MR) is 118 cm³/mol. The Bertz CT molecular complexity index is 1320. The van der Waals surface area contributed by atoms with Crippen LogP contribution in [0.15, 0.2) is 65.6 Å². The summed E-state index contributed by atoms with van der Waals surface area (Å²) in [5.41, 5.74) is 2.41. The summed E-state index contributed by atoms with van der Waals surface area (Å²) in [6.45, 7) is 5.43. The highest BCUT2D eigenvalue weighted by molar-refractivity contribution is 5.98. The fourth-order valence-electron chi connectivity index (χ4n) is 4.36. The maximum absolute atomic E-state index is 13.6. The van der Waals surface area contributed by atoms with E-state index >= 15 is 0 Å². The number of nitrogens with zero attached hydrogens (tertiary/aromatic N) is 4. The first kappa shape index (κ1) is 19.5. The van der Waals surface area contributed by atoms with E-state index in [2.05, 4.69) is 0 Å². The second-order valence-corrected chi connectivity index (χ2v) is 8.15. The third kappa shape index (κ3) is 3.51. The SMILES string of the molecule is C[C@H]1CN(C(=O)c2cc3c(=O)n4ccccc4nc3n2Cc2ccccc2)C[C@H](C)O1. The molecular formula is C24H24N4O3. The maximum Gasteiger partial charge on any atom is 0.270 e. The van der Waals surface area contributed by atoms with E-state index < -0.39 is 0 Å². The minimum atomic E-state index is -0.176. The molecule has 4 heterocycles. The molecule has 0 bridgehead atoms. The fourth-order valence-corrected chi connectivity index (χ4v) is 4.36. The first-order chi connectivity index (χ1) is 15.0. The Kier molecular flexibility index (Phi) is 4.82. The lowest BCUT2D eigenvalue weighted by Gasteiger charge is -2.35. The van der Waals surface area contributed by atoms with Crippen molar-refractivity contribution in [1.29, 1.82) is 0 Å². The third-order valence-corrected chi connectivity index (χ3v) is 5.69. The zero-order valence-corrected chi connectivity index (χ0v) is 17.6. The van der Waals surface area contributed by atoms with Gasteiger partial charge in [-0.05, 0) is 37.6 Å². The van der Waals surface area contributed by atoms with Crippen molar-refractivity contribution in [3.63, 3.8) is 0 Å². The number of carbonyl (C=O) groups is 1. The average molecular weight is 416 g/mol. The van der Waals surface area contributed by atoms with Crippen molar-refractivity contribution in [3.05, 3.63) is 82.4 Å². The maximum atomic E-state index is 13.6. The van der Waals surface area contributed by atoms with Gasteiger partial charge in [-0.2, -0.15) is 0 Å². The molecule has 1 aliphatic heterocycles. The van der Waals surface area contributed by atoms with E-state index in [1.165, 1.54) is 4.40 Å². The van der Waals surface area contributed by atoms with E-state index in [0.29, 0.717) is 42.0 Å². The van der Waals surface area contributed by atoms with Crippen molar-refractivity contribution < 1.29 is 9.53 Å². The van der Waals surface area contributed by atoms with Gasteiger partial charge < -0.3 is 14.2 Å². The first-order valence-corrected chi connectivity index (χ1v) is 10.5. The van der Waals surface area contributed by atoms with Gasteiger partial charge in [0.25, 0.3) is 11.5 Å². The molecule has 1 fully saturated rings. The molecule has 0 spiro atoms. The number of hydrogen-bond acceptors (Lipinski definition) is 4. The smallest absolute Gasteiger partial charge is 0.270 e. The molecule has 5 rings (SSSR count). The Hall–Kier alpha value is -3.45. The van der Waals surface area contributed by atoms with Crippen LogP contribution in [0.1, 0.15) is 29.9 Å². The van der Waals surface area contributed by atoms with Gasteiger partial charge >= 0.3 is 0 Å². The molecule has 7 nitrogen and oxygen atoms in total. The van der Waals surface area contributed by atoms with Gasteiger partial charge in [-0.3, -0.25) is 14.0 Å². The number of morpholine rings is 1. The number of fused-ring (bicyclic) bond motifs is 2. The molecule has 1 amide bonds. The Labute approximate surface area is 179 Å². The number of carbonyl (C=O) groups excluding carboxylic acids is 1. The van der Waals surface area contributed by atoms with E-state index in [9.17, 15) is 9.59 Å². The van der Waals surface area contributed by atoms with Crippen LogP contribution in [0.2, 0.25) is 0 Å². The monoisotopic (exact) mass is 416 g/mol. The van der Waals surface area contributed by atoms with Gasteiger partial charge in [0, 0.05) is 25.8 Å². The number of ether oxygens (including phenoxy) is 1. The third-order valence-electron chi connectivity index (χ3n) is 5.69. The van der Waals surface area contributed by atoms with Crippen molar-refractivity contribution in [1.82, 2.24) is 18.9 Å². The fraction of sp³-hybridized carbons (Fsp3) is 0.292. The van der Waals surface area contributed by atoms with Crippen LogP contribution in [-0.2, 0) is 11.3 Å². The lowest BCUT2D eigenvalue weighted by Crippen LogP contribution is -2.48. The minimum Gasteiger partial charge on any atom is -0.372 e. The van der Waals surface area contributed by atoms with Gasteiger partial charge in [0.05, 0.1) is 17.6 Å². The summed E-state index contributed by atoms with van der Waals surface area (Å²) in [6, 6.07) is 17.0. The summed E-state index contributed by atoms with van der Waals surface area (Å²) in [7, 11) is 0. The van der Waals surface area contributed by atoms with Crippen LogP contribution in [0.25, 0.3) is 16.7 Å². The quantitative estimate of drug-likeness (QED) is 0.515. The zero-order valence-electron chi connectivity index (χ0n) is 17.6. The van der Waals surface area contributed by atoms with Crippen LogP contribution in [-0.4, -0.2) is 50.1 Å². The molecule has 0 saturated carbocycles. The van der Waals surface area contributed by atoms with Gasteiger partial charge in [-0.1, -0.05) is 36.4 Å². The summed E-state index contributed by atoms with van der Waals surface area (Å²) >= 11 is 0. The molecule has 0 N–H and O–H groups in total. The van der Waals surface area contributed by atoms with E-state index in [4.69, 9.17) is 9.72 Å². The van der Waals surface area contributed by atoms with Crippen molar-refractivity contribution >= 4 is 22.6 Å². The minimum absolute atomic E-state index is 0.0361. The zero-order chi connectivity index (χ0) is 21.5. The molecule has 7 heteroatoms. The second-order valence-electron chi connectivity index (χ2n) is 8.15.